The van der Waals surface area contributed by atoms with E-state index in [1.807, 2.05) is 0 Å². The number of carbonyl (C=O) groups excluding carboxylic acids is 2. The summed E-state index contributed by atoms with van der Waals surface area (Å²) in [7, 11) is 1.09. The van der Waals surface area contributed by atoms with Crippen LogP contribution in [0.25, 0.3) is 0 Å². The number of benzene rings is 1. The lowest BCUT2D eigenvalue weighted by atomic mass is 9.97. The van der Waals surface area contributed by atoms with Crippen LogP contribution < -0.4 is 0 Å². The second-order valence-corrected chi connectivity index (χ2v) is 5.81. The molecule has 0 bridgehead atoms. The van der Waals surface area contributed by atoms with Crippen molar-refractivity contribution in [2.75, 3.05) is 7.11 Å². The Kier molecular flexibility index (Phi) is 5.50. The van der Waals surface area contributed by atoms with E-state index in [2.05, 4.69) is 4.74 Å². The molecule has 0 aliphatic heterocycles. The van der Waals surface area contributed by atoms with Crippen molar-refractivity contribution in [2.45, 2.75) is 32.3 Å². The summed E-state index contributed by atoms with van der Waals surface area (Å²) in [6.07, 6.45) is 0. The van der Waals surface area contributed by atoms with Crippen molar-refractivity contribution < 1.29 is 23.5 Å². The van der Waals surface area contributed by atoms with E-state index >= 15 is 0 Å². The highest BCUT2D eigenvalue weighted by Crippen LogP contribution is 2.31. The van der Waals surface area contributed by atoms with Crippen LogP contribution in [0.15, 0.2) is 12.1 Å². The first-order valence-electron chi connectivity index (χ1n) is 6.31. The minimum Gasteiger partial charge on any atom is -0.468 e. The topological polar surface area (TPSA) is 76.4 Å². The van der Waals surface area contributed by atoms with E-state index in [4.69, 9.17) is 21.6 Å². The fourth-order valence-electron chi connectivity index (χ4n) is 1.70. The smallest absolute Gasteiger partial charge is 0.325 e. The molecule has 0 N–H and O–H groups in total. The lowest BCUT2D eigenvalue weighted by molar-refractivity contribution is -0.163. The molecule has 118 valence electrons. The highest BCUT2D eigenvalue weighted by molar-refractivity contribution is 6.32. The molecule has 0 heterocycles. The Morgan fingerprint density at radius 2 is 1.91 bits per heavy atom. The zero-order valence-corrected chi connectivity index (χ0v) is 13.3. The monoisotopic (exact) mass is 327 g/mol. The minimum absolute atomic E-state index is 0.112. The predicted molar refractivity (Wildman–Crippen MR) is 76.7 cm³/mol. The van der Waals surface area contributed by atoms with Gasteiger partial charge in [-0.1, -0.05) is 17.7 Å². The summed E-state index contributed by atoms with van der Waals surface area (Å²) in [6, 6.07) is 3.99. The molecule has 0 aliphatic carbocycles. The van der Waals surface area contributed by atoms with Gasteiger partial charge in [-0.2, -0.15) is 5.26 Å². The van der Waals surface area contributed by atoms with Crippen molar-refractivity contribution in [2.24, 2.45) is 0 Å². The van der Waals surface area contributed by atoms with Gasteiger partial charge in [0.25, 0.3) is 0 Å². The van der Waals surface area contributed by atoms with Crippen molar-refractivity contribution in [3.05, 3.63) is 34.1 Å². The highest BCUT2D eigenvalue weighted by atomic mass is 35.5. The molecule has 7 heteroatoms. The van der Waals surface area contributed by atoms with Crippen LogP contribution in [0, 0.1) is 17.1 Å². The molecule has 1 atom stereocenters. The van der Waals surface area contributed by atoms with Gasteiger partial charge in [-0.15, -0.1) is 0 Å². The summed E-state index contributed by atoms with van der Waals surface area (Å²) in [5.41, 5.74) is -1.25. The van der Waals surface area contributed by atoms with E-state index in [9.17, 15) is 14.0 Å². The lowest BCUT2D eigenvalue weighted by Gasteiger charge is -2.23. The summed E-state index contributed by atoms with van der Waals surface area (Å²) in [4.78, 5) is 24.1. The molecular formula is C15H15ClFNO4. The van der Waals surface area contributed by atoms with Crippen molar-refractivity contribution in [3.8, 4) is 6.07 Å². The van der Waals surface area contributed by atoms with Gasteiger partial charge in [0.15, 0.2) is 11.7 Å². The van der Waals surface area contributed by atoms with E-state index in [0.717, 1.165) is 13.2 Å². The Balaban J connectivity index is 3.37. The Morgan fingerprint density at radius 1 is 1.32 bits per heavy atom. The van der Waals surface area contributed by atoms with Gasteiger partial charge in [0, 0.05) is 0 Å². The number of nitrogens with zero attached hydrogens (tertiary/aromatic N) is 1. The average molecular weight is 328 g/mol. The SMILES string of the molecule is COC(=O)C(C(=O)OC(C)(C)C)c1ccc(C#N)c(F)c1Cl. The molecule has 0 saturated heterocycles. The maximum atomic E-state index is 13.9. The molecule has 0 saturated carbocycles. The van der Waals surface area contributed by atoms with Crippen molar-refractivity contribution in [1.82, 2.24) is 0 Å². The third-order valence-corrected chi connectivity index (χ3v) is 3.01. The summed E-state index contributed by atoms with van der Waals surface area (Å²) < 4.78 is 23.6. The van der Waals surface area contributed by atoms with E-state index in [0.29, 0.717) is 0 Å². The zero-order valence-electron chi connectivity index (χ0n) is 12.6. The Bertz CT molecular complexity index is 646. The molecule has 0 radical (unpaired) electrons. The average Bonchev–Trinajstić information content (AvgIpc) is 2.41. The Morgan fingerprint density at radius 3 is 2.36 bits per heavy atom. The Hall–Kier alpha value is -2.13. The van der Waals surface area contributed by atoms with Crippen LogP contribution in [0.4, 0.5) is 4.39 Å². The predicted octanol–water partition coefficient (Wildman–Crippen LogP) is 2.95. The van der Waals surface area contributed by atoms with Crippen molar-refractivity contribution >= 4 is 23.5 Å². The number of carbonyl (C=O) groups is 2. The number of rotatable bonds is 3. The molecule has 1 rings (SSSR count). The molecule has 0 aliphatic rings. The number of esters is 2. The number of hydrogen-bond acceptors (Lipinski definition) is 5. The summed E-state index contributed by atoms with van der Waals surface area (Å²) >= 11 is 5.85. The second kappa shape index (κ2) is 6.75. The van der Waals surface area contributed by atoms with Gasteiger partial charge < -0.3 is 9.47 Å². The standard InChI is InChI=1S/C15H15ClFNO4/c1-15(2,3)22-14(20)10(13(19)21-4)9-6-5-8(7-18)12(17)11(9)16/h5-6,10H,1-4H3. The third kappa shape index (κ3) is 3.95. The molecule has 0 fully saturated rings. The van der Waals surface area contributed by atoms with Gasteiger partial charge in [0.05, 0.1) is 17.7 Å². The molecule has 0 amide bonds. The van der Waals surface area contributed by atoms with Crippen molar-refractivity contribution in [3.63, 3.8) is 0 Å². The maximum absolute atomic E-state index is 13.9. The number of nitriles is 1. The number of ether oxygens (including phenoxy) is 2. The van der Waals surface area contributed by atoms with Crippen LogP contribution in [0.2, 0.25) is 5.02 Å². The normalized spacial score (nSPS) is 12.2. The molecule has 0 spiro atoms. The molecule has 22 heavy (non-hydrogen) atoms. The lowest BCUT2D eigenvalue weighted by Crippen LogP contribution is -2.32. The van der Waals surface area contributed by atoms with Crippen LogP contribution in [0.3, 0.4) is 0 Å². The van der Waals surface area contributed by atoms with Gasteiger partial charge in [0.1, 0.15) is 11.7 Å². The van der Waals surface area contributed by atoms with Crippen LogP contribution in [-0.4, -0.2) is 24.6 Å². The van der Waals surface area contributed by atoms with E-state index in [1.54, 1.807) is 26.8 Å². The molecule has 5 nitrogen and oxygen atoms in total. The molecule has 1 aromatic carbocycles. The van der Waals surface area contributed by atoms with E-state index < -0.39 is 34.3 Å². The number of hydrogen-bond donors (Lipinski definition) is 0. The summed E-state index contributed by atoms with van der Waals surface area (Å²) in [6.45, 7) is 4.88. The van der Waals surface area contributed by atoms with Gasteiger partial charge in [-0.3, -0.25) is 9.59 Å². The minimum atomic E-state index is -1.53. The van der Waals surface area contributed by atoms with Gasteiger partial charge in [-0.05, 0) is 32.4 Å². The number of methoxy groups -OCH3 is 1. The quantitative estimate of drug-likeness (QED) is 0.630. The number of halogens is 2. The molecule has 1 aromatic rings. The Labute approximate surface area is 132 Å². The van der Waals surface area contributed by atoms with Crippen LogP contribution in [-0.2, 0) is 19.1 Å². The fourth-order valence-corrected chi connectivity index (χ4v) is 1.98. The van der Waals surface area contributed by atoms with Crippen molar-refractivity contribution in [1.29, 1.82) is 5.26 Å². The molecular weight excluding hydrogens is 313 g/mol. The maximum Gasteiger partial charge on any atom is 0.325 e. The first-order valence-corrected chi connectivity index (χ1v) is 6.69. The summed E-state index contributed by atoms with van der Waals surface area (Å²) in [5.74, 6) is -4.37. The van der Waals surface area contributed by atoms with E-state index in [1.165, 1.54) is 6.07 Å². The van der Waals surface area contributed by atoms with E-state index in [-0.39, 0.29) is 11.1 Å². The zero-order chi connectivity index (χ0) is 17.1. The van der Waals surface area contributed by atoms with Gasteiger partial charge in [0.2, 0.25) is 0 Å². The second-order valence-electron chi connectivity index (χ2n) is 5.43. The molecule has 0 aromatic heterocycles. The largest absolute Gasteiger partial charge is 0.468 e. The first-order chi connectivity index (χ1) is 10.1. The highest BCUT2D eigenvalue weighted by Gasteiger charge is 2.36. The molecule has 1 unspecified atom stereocenters. The van der Waals surface area contributed by atoms with Gasteiger partial charge in [-0.25, -0.2) is 4.39 Å². The van der Waals surface area contributed by atoms with Crippen LogP contribution in [0.5, 0.6) is 0 Å². The van der Waals surface area contributed by atoms with Crippen LogP contribution in [0.1, 0.15) is 37.8 Å². The van der Waals surface area contributed by atoms with Crippen LogP contribution >= 0.6 is 11.6 Å². The third-order valence-electron chi connectivity index (χ3n) is 2.62. The van der Waals surface area contributed by atoms with Gasteiger partial charge >= 0.3 is 11.9 Å². The first kappa shape index (κ1) is 17.9. The summed E-state index contributed by atoms with van der Waals surface area (Å²) in [5, 5.41) is 8.27. The fraction of sp³-hybridized carbons (Fsp3) is 0.400.